The van der Waals surface area contributed by atoms with E-state index < -0.39 is 5.54 Å². The van der Waals surface area contributed by atoms with E-state index in [4.69, 9.17) is 0 Å². The standard InChI is InChI=1S/C31H31N3O4/c1-2-20-34(31(18-6-7-19-31)30(38)32-23-13-4-3-5-14-23)26(35)17-10-21-33-28(36)24-15-8-11-22-12-9-16-25(27(22)24)29(33)37/h2-5,8-9,11-16H,1,6-7,10,17-21H2,(H,32,38). The molecule has 0 atom stereocenters. The largest absolute Gasteiger partial charge is 0.324 e. The van der Waals surface area contributed by atoms with Crippen molar-refractivity contribution in [1.29, 1.82) is 0 Å². The average Bonchev–Trinajstić information content (AvgIpc) is 3.43. The van der Waals surface area contributed by atoms with E-state index in [0.29, 0.717) is 41.5 Å². The van der Waals surface area contributed by atoms with E-state index in [1.807, 2.05) is 54.6 Å². The molecule has 1 N–H and O–H groups in total. The van der Waals surface area contributed by atoms with Crippen LogP contribution in [-0.4, -0.2) is 52.1 Å². The fourth-order valence-electron chi connectivity index (χ4n) is 5.80. The van der Waals surface area contributed by atoms with Gasteiger partial charge in [0, 0.05) is 41.7 Å². The van der Waals surface area contributed by atoms with Gasteiger partial charge in [-0.3, -0.25) is 24.1 Å². The van der Waals surface area contributed by atoms with Crippen molar-refractivity contribution in [3.05, 3.63) is 90.5 Å². The van der Waals surface area contributed by atoms with Crippen LogP contribution in [0.2, 0.25) is 0 Å². The summed E-state index contributed by atoms with van der Waals surface area (Å²) in [4.78, 5) is 56.3. The minimum Gasteiger partial charge on any atom is -0.324 e. The highest BCUT2D eigenvalue weighted by Gasteiger charge is 2.47. The van der Waals surface area contributed by atoms with Crippen molar-refractivity contribution in [2.24, 2.45) is 0 Å². The second-order valence-electron chi connectivity index (χ2n) is 9.93. The lowest BCUT2D eigenvalue weighted by Crippen LogP contribution is -2.57. The van der Waals surface area contributed by atoms with Crippen LogP contribution < -0.4 is 5.32 Å². The molecule has 1 fully saturated rings. The summed E-state index contributed by atoms with van der Waals surface area (Å²) in [6, 6.07) is 20.1. The Morgan fingerprint density at radius 3 is 2.16 bits per heavy atom. The fourth-order valence-corrected chi connectivity index (χ4v) is 5.80. The lowest BCUT2D eigenvalue weighted by molar-refractivity contribution is -0.144. The van der Waals surface area contributed by atoms with Crippen LogP contribution in [0.25, 0.3) is 10.8 Å². The summed E-state index contributed by atoms with van der Waals surface area (Å²) < 4.78 is 0. The van der Waals surface area contributed by atoms with Crippen LogP contribution >= 0.6 is 0 Å². The van der Waals surface area contributed by atoms with Crippen molar-refractivity contribution >= 4 is 40.1 Å². The highest BCUT2D eigenvalue weighted by molar-refractivity contribution is 6.25. The van der Waals surface area contributed by atoms with E-state index in [-0.39, 0.29) is 43.1 Å². The third-order valence-corrected chi connectivity index (χ3v) is 7.64. The molecule has 0 spiro atoms. The van der Waals surface area contributed by atoms with Crippen LogP contribution in [0.4, 0.5) is 5.69 Å². The summed E-state index contributed by atoms with van der Waals surface area (Å²) in [7, 11) is 0. The summed E-state index contributed by atoms with van der Waals surface area (Å²) in [5.41, 5.74) is 0.735. The first kappa shape index (κ1) is 25.4. The Labute approximate surface area is 222 Å². The number of anilines is 1. The Morgan fingerprint density at radius 2 is 1.55 bits per heavy atom. The van der Waals surface area contributed by atoms with E-state index in [2.05, 4.69) is 11.9 Å². The van der Waals surface area contributed by atoms with Crippen LogP contribution in [0, 0.1) is 0 Å². The average molecular weight is 510 g/mol. The lowest BCUT2D eigenvalue weighted by atomic mass is 9.92. The molecule has 1 heterocycles. The number of hydrogen-bond donors (Lipinski definition) is 1. The third-order valence-electron chi connectivity index (χ3n) is 7.64. The van der Waals surface area contributed by atoms with Crippen molar-refractivity contribution in [3.63, 3.8) is 0 Å². The minimum atomic E-state index is -0.952. The molecule has 5 rings (SSSR count). The second-order valence-corrected chi connectivity index (χ2v) is 9.93. The van der Waals surface area contributed by atoms with Crippen LogP contribution in [0.5, 0.6) is 0 Å². The number of rotatable bonds is 9. The molecule has 2 aliphatic rings. The van der Waals surface area contributed by atoms with E-state index in [9.17, 15) is 19.2 Å². The molecule has 194 valence electrons. The monoisotopic (exact) mass is 509 g/mol. The molecule has 38 heavy (non-hydrogen) atoms. The molecular weight excluding hydrogens is 478 g/mol. The van der Waals surface area contributed by atoms with Gasteiger partial charge in [0.1, 0.15) is 5.54 Å². The maximum Gasteiger partial charge on any atom is 0.261 e. The molecule has 7 nitrogen and oxygen atoms in total. The molecule has 1 aliphatic heterocycles. The molecule has 3 aromatic rings. The first-order valence-electron chi connectivity index (χ1n) is 13.1. The lowest BCUT2D eigenvalue weighted by Gasteiger charge is -2.40. The number of para-hydroxylation sites is 1. The minimum absolute atomic E-state index is 0.108. The molecule has 0 radical (unpaired) electrons. The van der Waals surface area contributed by atoms with Crippen LogP contribution in [0.15, 0.2) is 79.4 Å². The second kappa shape index (κ2) is 10.6. The molecular formula is C31H31N3O4. The van der Waals surface area contributed by atoms with Crippen molar-refractivity contribution < 1.29 is 19.2 Å². The molecule has 0 bridgehead atoms. The number of imide groups is 1. The Kier molecular flexibility index (Phi) is 7.09. The smallest absolute Gasteiger partial charge is 0.261 e. The molecule has 1 aliphatic carbocycles. The number of nitrogens with zero attached hydrogens (tertiary/aromatic N) is 2. The molecule has 0 unspecified atom stereocenters. The number of carbonyl (C=O) groups excluding carboxylic acids is 4. The van der Waals surface area contributed by atoms with Crippen molar-refractivity contribution in [2.45, 2.75) is 44.1 Å². The quantitative estimate of drug-likeness (QED) is 0.318. The number of carbonyl (C=O) groups is 4. The van der Waals surface area contributed by atoms with Gasteiger partial charge >= 0.3 is 0 Å². The molecule has 0 aromatic heterocycles. The van der Waals surface area contributed by atoms with Gasteiger partial charge in [-0.05, 0) is 48.9 Å². The fraction of sp³-hybridized carbons (Fsp3) is 0.290. The van der Waals surface area contributed by atoms with Gasteiger partial charge in [-0.2, -0.15) is 0 Å². The maximum atomic E-state index is 13.5. The third kappa shape index (κ3) is 4.49. The molecule has 4 amide bonds. The van der Waals surface area contributed by atoms with Gasteiger partial charge in [-0.1, -0.05) is 61.4 Å². The van der Waals surface area contributed by atoms with E-state index in [1.165, 1.54) is 4.90 Å². The van der Waals surface area contributed by atoms with E-state index >= 15 is 0 Å². The number of hydrogen-bond acceptors (Lipinski definition) is 4. The van der Waals surface area contributed by atoms with E-state index in [1.54, 1.807) is 23.1 Å². The Bertz CT molecular complexity index is 1360. The maximum absolute atomic E-state index is 13.5. The highest BCUT2D eigenvalue weighted by atomic mass is 16.2. The van der Waals surface area contributed by atoms with Gasteiger partial charge in [0.25, 0.3) is 11.8 Å². The van der Waals surface area contributed by atoms with E-state index in [0.717, 1.165) is 18.2 Å². The van der Waals surface area contributed by atoms with Gasteiger partial charge in [0.05, 0.1) is 0 Å². The van der Waals surface area contributed by atoms with Crippen LogP contribution in [-0.2, 0) is 9.59 Å². The predicted molar refractivity (Wildman–Crippen MR) is 147 cm³/mol. The molecule has 7 heteroatoms. The van der Waals surface area contributed by atoms with Crippen molar-refractivity contribution in [3.8, 4) is 0 Å². The Balaban J connectivity index is 1.30. The number of amides is 4. The van der Waals surface area contributed by atoms with Crippen LogP contribution in [0.1, 0.15) is 59.2 Å². The zero-order valence-corrected chi connectivity index (χ0v) is 21.3. The summed E-state index contributed by atoms with van der Waals surface area (Å²) in [5.74, 6) is -1.06. The molecule has 0 saturated heterocycles. The normalized spacial score (nSPS) is 15.9. The topological polar surface area (TPSA) is 86.8 Å². The predicted octanol–water partition coefficient (Wildman–Crippen LogP) is 5.18. The Morgan fingerprint density at radius 1 is 0.921 bits per heavy atom. The van der Waals surface area contributed by atoms with Gasteiger partial charge in [-0.25, -0.2) is 0 Å². The SMILES string of the molecule is C=CCN(C(=O)CCCN1C(=O)c2cccc3cccc(c23)C1=O)C1(C(=O)Nc2ccccc2)CCCC1. The first-order valence-corrected chi connectivity index (χ1v) is 13.1. The zero-order chi connectivity index (χ0) is 26.7. The summed E-state index contributed by atoms with van der Waals surface area (Å²) in [6.07, 6.45) is 4.92. The van der Waals surface area contributed by atoms with Gasteiger partial charge in [-0.15, -0.1) is 6.58 Å². The highest BCUT2D eigenvalue weighted by Crippen LogP contribution is 2.37. The van der Waals surface area contributed by atoms with Gasteiger partial charge < -0.3 is 10.2 Å². The summed E-state index contributed by atoms with van der Waals surface area (Å²) in [6.45, 7) is 4.19. The number of benzene rings is 3. The van der Waals surface area contributed by atoms with Gasteiger partial charge in [0.15, 0.2) is 0 Å². The first-order chi connectivity index (χ1) is 18.5. The van der Waals surface area contributed by atoms with Crippen LogP contribution in [0.3, 0.4) is 0 Å². The summed E-state index contributed by atoms with van der Waals surface area (Å²) in [5, 5.41) is 4.53. The molecule has 3 aromatic carbocycles. The molecule has 1 saturated carbocycles. The zero-order valence-electron chi connectivity index (χ0n) is 21.3. The van der Waals surface area contributed by atoms with Crippen molar-refractivity contribution in [1.82, 2.24) is 9.80 Å². The van der Waals surface area contributed by atoms with Crippen molar-refractivity contribution in [2.75, 3.05) is 18.4 Å². The summed E-state index contributed by atoms with van der Waals surface area (Å²) >= 11 is 0. The van der Waals surface area contributed by atoms with Gasteiger partial charge in [0.2, 0.25) is 11.8 Å². The number of nitrogens with one attached hydrogen (secondary N) is 1. The Hall–Kier alpha value is -4.26.